The molecule has 0 heteroatoms. The molecule has 0 saturated heterocycles. The molecule has 0 aromatic heterocycles. The highest BCUT2D eigenvalue weighted by atomic mass is 14.2. The third kappa shape index (κ3) is 2.07. The van der Waals surface area contributed by atoms with E-state index in [9.17, 15) is 0 Å². The van der Waals surface area contributed by atoms with E-state index in [1.165, 1.54) is 36.0 Å². The Morgan fingerprint density at radius 2 is 1.88 bits per heavy atom. The van der Waals surface area contributed by atoms with Crippen molar-refractivity contribution in [3.8, 4) is 0 Å². The van der Waals surface area contributed by atoms with Gasteiger partial charge in [-0.1, -0.05) is 37.1 Å². The Labute approximate surface area is 99.4 Å². The molecule has 0 amide bonds. The normalized spacial score (nSPS) is 20.1. The van der Waals surface area contributed by atoms with E-state index >= 15 is 0 Å². The summed E-state index contributed by atoms with van der Waals surface area (Å²) in [6.07, 6.45) is 13.3. The second kappa shape index (κ2) is 4.86. The van der Waals surface area contributed by atoms with Crippen molar-refractivity contribution < 1.29 is 0 Å². The highest BCUT2D eigenvalue weighted by Gasteiger charge is 2.19. The zero-order chi connectivity index (χ0) is 11.5. The molecule has 0 N–H and O–H groups in total. The molecule has 0 fully saturated rings. The summed E-state index contributed by atoms with van der Waals surface area (Å²) in [4.78, 5) is 0. The molecule has 0 aliphatic heterocycles. The fraction of sp³-hybridized carbons (Fsp3) is 0.500. The molecule has 0 heterocycles. The first-order chi connectivity index (χ1) is 7.74. The molecule has 2 aliphatic rings. The number of allylic oxidation sites excluding steroid dienone is 8. The van der Waals surface area contributed by atoms with Gasteiger partial charge in [0.1, 0.15) is 0 Å². The third-order valence-electron chi connectivity index (χ3n) is 3.73. The summed E-state index contributed by atoms with van der Waals surface area (Å²) in [5, 5.41) is 0. The predicted octanol–water partition coefficient (Wildman–Crippen LogP) is 5.10. The summed E-state index contributed by atoms with van der Waals surface area (Å²) in [5.74, 6) is 0. The molecule has 0 unspecified atom stereocenters. The maximum Gasteiger partial charge on any atom is -0.00829 e. The maximum atomic E-state index is 2.40. The predicted molar refractivity (Wildman–Crippen MR) is 71.4 cm³/mol. The van der Waals surface area contributed by atoms with Crippen molar-refractivity contribution >= 4 is 0 Å². The second-order valence-corrected chi connectivity index (χ2v) is 4.89. The molecule has 2 rings (SSSR count). The molecule has 0 aromatic rings. The van der Waals surface area contributed by atoms with Crippen LogP contribution in [0.15, 0.2) is 46.1 Å². The highest BCUT2D eigenvalue weighted by molar-refractivity contribution is 5.58. The molecule has 0 nitrogen and oxygen atoms in total. The van der Waals surface area contributed by atoms with Gasteiger partial charge in [-0.3, -0.25) is 0 Å². The van der Waals surface area contributed by atoms with Crippen molar-refractivity contribution in [2.24, 2.45) is 0 Å². The number of unbranched alkanes of at least 4 members (excludes halogenated alkanes) is 1. The molecule has 2 aliphatic carbocycles. The van der Waals surface area contributed by atoms with Crippen LogP contribution in [0, 0.1) is 0 Å². The van der Waals surface area contributed by atoms with Crippen molar-refractivity contribution in [1.82, 2.24) is 0 Å². The summed E-state index contributed by atoms with van der Waals surface area (Å²) in [6, 6.07) is 0. The van der Waals surface area contributed by atoms with Crippen molar-refractivity contribution in [2.75, 3.05) is 0 Å². The summed E-state index contributed by atoms with van der Waals surface area (Å²) < 4.78 is 0. The molecular formula is C16H22. The van der Waals surface area contributed by atoms with Crippen LogP contribution in [0.4, 0.5) is 0 Å². The molecule has 16 heavy (non-hydrogen) atoms. The lowest BCUT2D eigenvalue weighted by Crippen LogP contribution is -1.93. The van der Waals surface area contributed by atoms with E-state index in [0.717, 1.165) is 12.8 Å². The average molecular weight is 214 g/mol. The second-order valence-electron chi connectivity index (χ2n) is 4.89. The minimum Gasteiger partial charge on any atom is -0.0772 e. The van der Waals surface area contributed by atoms with Gasteiger partial charge in [0.25, 0.3) is 0 Å². The standard InChI is InChI=1S/C16H22/c1-4-5-8-14-13(3)10-11-16(14)15-9-6-7-12(15)2/h7,9-10H,4-6,8,11H2,1-3H3. The van der Waals surface area contributed by atoms with Crippen molar-refractivity contribution in [1.29, 1.82) is 0 Å². The number of hydrogen-bond acceptors (Lipinski definition) is 0. The Morgan fingerprint density at radius 3 is 2.50 bits per heavy atom. The fourth-order valence-corrected chi connectivity index (χ4v) is 2.70. The van der Waals surface area contributed by atoms with Crippen LogP contribution in [0.2, 0.25) is 0 Å². The zero-order valence-electron chi connectivity index (χ0n) is 10.8. The van der Waals surface area contributed by atoms with Gasteiger partial charge in [0.05, 0.1) is 0 Å². The Kier molecular flexibility index (Phi) is 3.48. The van der Waals surface area contributed by atoms with Gasteiger partial charge in [-0.25, -0.2) is 0 Å². The van der Waals surface area contributed by atoms with Crippen LogP contribution in [0.5, 0.6) is 0 Å². The molecule has 0 bridgehead atoms. The maximum absolute atomic E-state index is 2.40. The third-order valence-corrected chi connectivity index (χ3v) is 3.73. The van der Waals surface area contributed by atoms with Gasteiger partial charge >= 0.3 is 0 Å². The van der Waals surface area contributed by atoms with Gasteiger partial charge in [-0.05, 0) is 61.8 Å². The summed E-state index contributed by atoms with van der Waals surface area (Å²) >= 11 is 0. The van der Waals surface area contributed by atoms with Crippen molar-refractivity contribution in [2.45, 2.75) is 52.9 Å². The van der Waals surface area contributed by atoms with Gasteiger partial charge in [0.2, 0.25) is 0 Å². The Bertz CT molecular complexity index is 400. The van der Waals surface area contributed by atoms with Gasteiger partial charge in [-0.2, -0.15) is 0 Å². The van der Waals surface area contributed by atoms with E-state index < -0.39 is 0 Å². The summed E-state index contributed by atoms with van der Waals surface area (Å²) in [7, 11) is 0. The van der Waals surface area contributed by atoms with Crippen LogP contribution in [-0.2, 0) is 0 Å². The van der Waals surface area contributed by atoms with Gasteiger partial charge in [0.15, 0.2) is 0 Å². The largest absolute Gasteiger partial charge is 0.0772 e. The highest BCUT2D eigenvalue weighted by Crippen LogP contribution is 2.38. The zero-order valence-corrected chi connectivity index (χ0v) is 10.8. The van der Waals surface area contributed by atoms with Gasteiger partial charge in [-0.15, -0.1) is 0 Å². The fourth-order valence-electron chi connectivity index (χ4n) is 2.70. The van der Waals surface area contributed by atoms with Crippen LogP contribution in [-0.4, -0.2) is 0 Å². The average Bonchev–Trinajstić information content (AvgIpc) is 2.82. The lowest BCUT2D eigenvalue weighted by Gasteiger charge is -2.11. The topological polar surface area (TPSA) is 0 Å². The van der Waals surface area contributed by atoms with E-state index in [4.69, 9.17) is 0 Å². The quantitative estimate of drug-likeness (QED) is 0.610. The monoisotopic (exact) mass is 214 g/mol. The number of rotatable bonds is 4. The number of hydrogen-bond donors (Lipinski definition) is 0. The van der Waals surface area contributed by atoms with Crippen LogP contribution in [0.1, 0.15) is 52.9 Å². The molecule has 0 saturated carbocycles. The summed E-state index contributed by atoms with van der Waals surface area (Å²) in [5.41, 5.74) is 7.76. The lowest BCUT2D eigenvalue weighted by atomic mass is 9.93. The van der Waals surface area contributed by atoms with Crippen LogP contribution in [0.25, 0.3) is 0 Å². The van der Waals surface area contributed by atoms with Crippen LogP contribution >= 0.6 is 0 Å². The SMILES string of the molecule is CCCCC1=C(C2=CCC=C2C)CC=C1C. The van der Waals surface area contributed by atoms with E-state index in [2.05, 4.69) is 39.0 Å². The lowest BCUT2D eigenvalue weighted by molar-refractivity contribution is 0.789. The Hall–Kier alpha value is -1.04. The van der Waals surface area contributed by atoms with Crippen LogP contribution in [0.3, 0.4) is 0 Å². The molecule has 0 atom stereocenters. The van der Waals surface area contributed by atoms with Gasteiger partial charge in [0, 0.05) is 0 Å². The Morgan fingerprint density at radius 1 is 1.06 bits per heavy atom. The minimum atomic E-state index is 1.13. The van der Waals surface area contributed by atoms with Crippen molar-refractivity contribution in [3.63, 3.8) is 0 Å². The first-order valence-corrected chi connectivity index (χ1v) is 6.50. The van der Waals surface area contributed by atoms with Crippen molar-refractivity contribution in [3.05, 3.63) is 46.1 Å². The van der Waals surface area contributed by atoms with E-state index in [1.807, 2.05) is 0 Å². The van der Waals surface area contributed by atoms with E-state index in [0.29, 0.717) is 0 Å². The first kappa shape index (κ1) is 11.4. The summed E-state index contributed by atoms with van der Waals surface area (Å²) in [6.45, 7) is 6.79. The molecule has 0 radical (unpaired) electrons. The molecule has 86 valence electrons. The molecular weight excluding hydrogens is 192 g/mol. The molecule has 0 spiro atoms. The molecule has 0 aromatic carbocycles. The van der Waals surface area contributed by atoms with E-state index in [-0.39, 0.29) is 0 Å². The Balaban J connectivity index is 2.25. The van der Waals surface area contributed by atoms with Gasteiger partial charge < -0.3 is 0 Å². The minimum absolute atomic E-state index is 1.13. The van der Waals surface area contributed by atoms with Crippen LogP contribution < -0.4 is 0 Å². The first-order valence-electron chi connectivity index (χ1n) is 6.50. The smallest absolute Gasteiger partial charge is 0.00829 e. The van der Waals surface area contributed by atoms with E-state index in [1.54, 1.807) is 11.1 Å².